The number of likely N-dealkylation sites (N-methyl/N-ethyl adjacent to an activating group) is 1. The topological polar surface area (TPSA) is 66.6 Å². The van der Waals surface area contributed by atoms with E-state index in [1.165, 1.54) is 5.56 Å². The van der Waals surface area contributed by atoms with Gasteiger partial charge in [-0.3, -0.25) is 4.79 Å². The van der Waals surface area contributed by atoms with Gasteiger partial charge in [-0.2, -0.15) is 0 Å². The van der Waals surface area contributed by atoms with Crippen molar-refractivity contribution >= 4 is 5.97 Å². The Labute approximate surface area is 107 Å². The van der Waals surface area contributed by atoms with E-state index in [1.54, 1.807) is 0 Å². The molecule has 1 heterocycles. The summed E-state index contributed by atoms with van der Waals surface area (Å²) in [5.74, 6) is -0.242. The molecule has 0 radical (unpaired) electrons. The number of hydrogen-bond acceptors (Lipinski definition) is 3. The minimum Gasteiger partial charge on any atom is -0.481 e. The first-order chi connectivity index (χ1) is 8.58. The van der Waals surface area contributed by atoms with Crippen LogP contribution in [0, 0.1) is 0 Å². The quantitative estimate of drug-likeness (QED) is 0.830. The van der Waals surface area contributed by atoms with Gasteiger partial charge in [-0.15, -0.1) is 0 Å². The highest BCUT2D eigenvalue weighted by Crippen LogP contribution is 2.31. The molecule has 3 N–H and O–H groups in total. The van der Waals surface area contributed by atoms with Crippen molar-refractivity contribution in [1.82, 2.24) is 4.90 Å². The summed E-state index contributed by atoms with van der Waals surface area (Å²) < 4.78 is 0. The van der Waals surface area contributed by atoms with Crippen molar-refractivity contribution in [3.05, 3.63) is 35.4 Å². The molecule has 1 aromatic rings. The standard InChI is InChI=1S/C14H20N2O2/c1-16-8-10(9-16)11-4-2-3-5-12(11)13(15)6-7-14(17)18/h2-5,10,13H,6-9,15H2,1H3,(H,17,18). The minimum absolute atomic E-state index is 0.125. The van der Waals surface area contributed by atoms with Crippen LogP contribution in [-0.2, 0) is 4.79 Å². The number of rotatable bonds is 5. The summed E-state index contributed by atoms with van der Waals surface area (Å²) in [6.45, 7) is 2.12. The van der Waals surface area contributed by atoms with Crippen LogP contribution in [0.3, 0.4) is 0 Å². The van der Waals surface area contributed by atoms with E-state index in [2.05, 4.69) is 18.0 Å². The zero-order chi connectivity index (χ0) is 13.1. The van der Waals surface area contributed by atoms with Gasteiger partial charge in [0.25, 0.3) is 0 Å². The Morgan fingerprint density at radius 2 is 2.17 bits per heavy atom. The lowest BCUT2D eigenvalue weighted by molar-refractivity contribution is -0.137. The molecule has 1 atom stereocenters. The molecule has 1 fully saturated rings. The van der Waals surface area contributed by atoms with Crippen molar-refractivity contribution in [3.8, 4) is 0 Å². The second kappa shape index (κ2) is 5.50. The number of nitrogens with zero attached hydrogens (tertiary/aromatic N) is 1. The molecule has 0 spiro atoms. The Balaban J connectivity index is 2.09. The Hall–Kier alpha value is -1.39. The van der Waals surface area contributed by atoms with Crippen LogP contribution in [0.5, 0.6) is 0 Å². The molecule has 4 heteroatoms. The van der Waals surface area contributed by atoms with E-state index in [-0.39, 0.29) is 12.5 Å². The molecule has 1 aliphatic rings. The third-order valence-corrected chi connectivity index (χ3v) is 3.57. The number of likely N-dealkylation sites (tertiary alicyclic amines) is 1. The van der Waals surface area contributed by atoms with Gasteiger partial charge in [-0.05, 0) is 24.6 Å². The number of carbonyl (C=O) groups is 1. The van der Waals surface area contributed by atoms with Crippen molar-refractivity contribution < 1.29 is 9.90 Å². The number of carboxylic acid groups (broad SMARTS) is 1. The van der Waals surface area contributed by atoms with Gasteiger partial charge in [0.15, 0.2) is 0 Å². The molecule has 0 saturated carbocycles. The highest BCUT2D eigenvalue weighted by Gasteiger charge is 2.27. The van der Waals surface area contributed by atoms with E-state index in [9.17, 15) is 4.79 Å². The molecule has 1 unspecified atom stereocenters. The van der Waals surface area contributed by atoms with Gasteiger partial charge in [-0.1, -0.05) is 24.3 Å². The van der Waals surface area contributed by atoms with Crippen LogP contribution in [0.15, 0.2) is 24.3 Å². The van der Waals surface area contributed by atoms with Gasteiger partial charge in [-0.25, -0.2) is 0 Å². The summed E-state index contributed by atoms with van der Waals surface area (Å²) >= 11 is 0. The zero-order valence-corrected chi connectivity index (χ0v) is 10.7. The predicted octanol–water partition coefficient (Wildman–Crippen LogP) is 1.58. The average molecular weight is 248 g/mol. The third-order valence-electron chi connectivity index (χ3n) is 3.57. The van der Waals surface area contributed by atoms with Crippen LogP contribution in [0.1, 0.15) is 35.9 Å². The predicted molar refractivity (Wildman–Crippen MR) is 70.5 cm³/mol. The minimum atomic E-state index is -0.786. The lowest BCUT2D eigenvalue weighted by Gasteiger charge is -2.38. The fraction of sp³-hybridized carbons (Fsp3) is 0.500. The van der Waals surface area contributed by atoms with E-state index in [4.69, 9.17) is 10.8 Å². The van der Waals surface area contributed by atoms with Gasteiger partial charge in [0, 0.05) is 31.5 Å². The SMILES string of the molecule is CN1CC(c2ccccc2C(N)CCC(=O)O)C1. The summed E-state index contributed by atoms with van der Waals surface area (Å²) in [6.07, 6.45) is 0.620. The molecule has 1 saturated heterocycles. The van der Waals surface area contributed by atoms with E-state index < -0.39 is 5.97 Å². The van der Waals surface area contributed by atoms with Crippen molar-refractivity contribution in [2.75, 3.05) is 20.1 Å². The number of benzene rings is 1. The van der Waals surface area contributed by atoms with Gasteiger partial charge in [0.2, 0.25) is 0 Å². The molecule has 1 aliphatic heterocycles. The maximum atomic E-state index is 10.6. The third kappa shape index (κ3) is 2.89. The van der Waals surface area contributed by atoms with E-state index in [0.717, 1.165) is 18.7 Å². The van der Waals surface area contributed by atoms with Crippen molar-refractivity contribution in [2.45, 2.75) is 24.8 Å². The maximum Gasteiger partial charge on any atom is 0.303 e. The van der Waals surface area contributed by atoms with Crippen LogP contribution in [-0.4, -0.2) is 36.1 Å². The maximum absolute atomic E-state index is 10.6. The smallest absolute Gasteiger partial charge is 0.303 e. The first-order valence-electron chi connectivity index (χ1n) is 6.32. The molecule has 2 rings (SSSR count). The number of aliphatic carboxylic acids is 1. The molecule has 0 bridgehead atoms. The Morgan fingerprint density at radius 3 is 2.78 bits per heavy atom. The van der Waals surface area contributed by atoms with E-state index in [1.807, 2.05) is 18.2 Å². The number of nitrogens with two attached hydrogens (primary N) is 1. The van der Waals surface area contributed by atoms with E-state index >= 15 is 0 Å². The van der Waals surface area contributed by atoms with Crippen LogP contribution < -0.4 is 5.73 Å². The lowest BCUT2D eigenvalue weighted by atomic mass is 9.85. The number of carboxylic acids is 1. The van der Waals surface area contributed by atoms with E-state index in [0.29, 0.717) is 12.3 Å². The van der Waals surface area contributed by atoms with Crippen LogP contribution in [0.4, 0.5) is 0 Å². The second-order valence-corrected chi connectivity index (χ2v) is 5.09. The zero-order valence-electron chi connectivity index (χ0n) is 10.7. The Kier molecular flexibility index (Phi) is 3.99. The van der Waals surface area contributed by atoms with Crippen molar-refractivity contribution in [2.24, 2.45) is 5.73 Å². The second-order valence-electron chi connectivity index (χ2n) is 5.09. The van der Waals surface area contributed by atoms with Crippen molar-refractivity contribution in [3.63, 3.8) is 0 Å². The highest BCUT2D eigenvalue weighted by molar-refractivity contribution is 5.66. The van der Waals surface area contributed by atoms with Crippen LogP contribution >= 0.6 is 0 Å². The summed E-state index contributed by atoms with van der Waals surface area (Å²) in [5, 5.41) is 8.72. The van der Waals surface area contributed by atoms with Gasteiger partial charge >= 0.3 is 5.97 Å². The van der Waals surface area contributed by atoms with Crippen LogP contribution in [0.25, 0.3) is 0 Å². The first-order valence-corrected chi connectivity index (χ1v) is 6.32. The summed E-state index contributed by atoms with van der Waals surface area (Å²) in [6, 6.07) is 7.97. The molecule has 0 amide bonds. The summed E-state index contributed by atoms with van der Waals surface area (Å²) in [4.78, 5) is 12.9. The first kappa shape index (κ1) is 13.1. The van der Waals surface area contributed by atoms with Gasteiger partial charge < -0.3 is 15.7 Å². The molecule has 18 heavy (non-hydrogen) atoms. The monoisotopic (exact) mass is 248 g/mol. The normalized spacial score (nSPS) is 18.3. The molecule has 1 aromatic carbocycles. The van der Waals surface area contributed by atoms with Gasteiger partial charge in [0.1, 0.15) is 0 Å². The molecule has 98 valence electrons. The van der Waals surface area contributed by atoms with Gasteiger partial charge in [0.05, 0.1) is 0 Å². The Bertz CT molecular complexity index is 428. The lowest BCUT2D eigenvalue weighted by Crippen LogP contribution is -2.42. The van der Waals surface area contributed by atoms with Crippen molar-refractivity contribution in [1.29, 1.82) is 0 Å². The fourth-order valence-corrected chi connectivity index (χ4v) is 2.55. The average Bonchev–Trinajstić information content (AvgIpc) is 2.32. The largest absolute Gasteiger partial charge is 0.481 e. The molecule has 0 aromatic heterocycles. The fourth-order valence-electron chi connectivity index (χ4n) is 2.55. The summed E-state index contributed by atoms with van der Waals surface area (Å²) in [7, 11) is 2.10. The molecular formula is C14H20N2O2. The highest BCUT2D eigenvalue weighted by atomic mass is 16.4. The summed E-state index contributed by atoms with van der Waals surface area (Å²) in [5.41, 5.74) is 8.51. The number of hydrogen-bond donors (Lipinski definition) is 2. The Morgan fingerprint density at radius 1 is 1.50 bits per heavy atom. The van der Waals surface area contributed by atoms with Crippen LogP contribution in [0.2, 0.25) is 0 Å². The molecule has 4 nitrogen and oxygen atoms in total. The molecule has 0 aliphatic carbocycles. The molecular weight excluding hydrogens is 228 g/mol.